The third-order valence-corrected chi connectivity index (χ3v) is 22.3. The highest BCUT2D eigenvalue weighted by atomic mass is 35.5. The van der Waals surface area contributed by atoms with Crippen LogP contribution in [0.5, 0.6) is 0 Å². The van der Waals surface area contributed by atoms with Gasteiger partial charge < -0.3 is 42.1 Å². The number of fused-ring (bicyclic) bond motifs is 7. The Morgan fingerprint density at radius 1 is 0.271 bits per heavy atom. The smallest absolute Gasteiger partial charge is 0.187 e. The van der Waals surface area contributed by atoms with Crippen molar-refractivity contribution in [3.8, 4) is 0 Å². The van der Waals surface area contributed by atoms with E-state index in [1.54, 1.807) is 93.0 Å². The van der Waals surface area contributed by atoms with Crippen LogP contribution >= 0.6 is 11.6 Å². The number of allylic oxidation sites excluding steroid dienone is 7. The summed E-state index contributed by atoms with van der Waals surface area (Å²) < 4.78 is 0. The minimum atomic E-state index is -0.0506. The van der Waals surface area contributed by atoms with E-state index in [4.69, 9.17) is 11.6 Å². The number of nitrogens with one attached hydrogen (secondary N) is 7. The molecule has 18 aromatic carbocycles. The molecule has 140 heavy (non-hydrogen) atoms. The molecule has 16 heteroatoms. The Morgan fingerprint density at radius 2 is 0.579 bits per heavy atom. The first-order valence-corrected chi connectivity index (χ1v) is 46.5. The van der Waals surface area contributed by atoms with Gasteiger partial charge in [-0.15, -0.1) is 0 Å². The van der Waals surface area contributed by atoms with Crippen molar-refractivity contribution in [2.24, 2.45) is 0 Å². The summed E-state index contributed by atoms with van der Waals surface area (Å²) in [5.41, 5.74) is 9.99. The molecule has 0 saturated carbocycles. The highest BCUT2D eigenvalue weighted by molar-refractivity contribution is 6.33. The maximum absolute atomic E-state index is 12.3. The molecule has 0 spiro atoms. The standard InChI is InChI=1S/C21H20N2O.C20H17NO.C19H14ClNO.C19H15NO.C16H17NO.C15H15NO.C14H13NO/c1-23(2)20-11-9-19(10-12-20)22-14-13-21(24)18-8-7-16-5-3-4-6-17(16)15-18;22-20(12-13-21-15-16-6-2-1-3-7-16)19-11-10-17-8-4-5-9-18(17)14-19;20-17-7-3-4-8-18(17)21-12-11-19(22)16-10-9-14-5-1-2-6-15(14)13-16;21-19(12-13-20-18-8-2-1-3-9-18)17-11-10-15-6-4-5-7-16(15)14-17;1-2-11-17-12-10-16(18)15-9-5-7-13-6-3-4-8-14(13)15;1-2-16-11-10-15(17)14-9-5-7-12-6-3-4-8-13(12)14;1-15-10-9-14(16)13-8-4-6-11-5-2-3-7-12(11)13/h3-15,22H,1-2H3;1-14,21H,15H2;1-13,21H;1-14,20H;3-10,12,17H,2,11H2,1H3;3-11,16H,2H2,1H3;2-10,15H,1H3/b14-13-;13-12-;12-11-;13-12-;12-10-;11-10-;10-9-. The fourth-order valence-corrected chi connectivity index (χ4v) is 14.8. The van der Waals surface area contributed by atoms with E-state index in [0.29, 0.717) is 33.8 Å². The minimum Gasteiger partial charge on any atom is -0.394 e. The maximum atomic E-state index is 12.3. The van der Waals surface area contributed by atoms with Gasteiger partial charge in [0.15, 0.2) is 40.5 Å². The van der Waals surface area contributed by atoms with Crippen LogP contribution in [0.3, 0.4) is 0 Å². The van der Waals surface area contributed by atoms with Crippen molar-refractivity contribution in [1.29, 1.82) is 0 Å². The van der Waals surface area contributed by atoms with Gasteiger partial charge in [-0.05, 0) is 167 Å². The number of para-hydroxylation sites is 2. The molecule has 18 rings (SSSR count). The molecule has 0 unspecified atom stereocenters. The third kappa shape index (κ3) is 31.2. The van der Waals surface area contributed by atoms with Crippen molar-refractivity contribution < 1.29 is 33.6 Å². The Labute approximate surface area is 823 Å². The van der Waals surface area contributed by atoms with Crippen molar-refractivity contribution in [3.63, 3.8) is 0 Å². The molecule has 0 aliphatic heterocycles. The zero-order valence-corrected chi connectivity index (χ0v) is 79.5. The Balaban J connectivity index is 0.000000147. The molecule has 0 aromatic heterocycles. The summed E-state index contributed by atoms with van der Waals surface area (Å²) in [7, 11) is 5.78. The maximum Gasteiger partial charge on any atom is 0.187 e. The van der Waals surface area contributed by atoms with E-state index in [0.717, 1.165) is 134 Å². The second-order valence-corrected chi connectivity index (χ2v) is 32.5. The van der Waals surface area contributed by atoms with Crippen LogP contribution in [0.4, 0.5) is 22.7 Å². The fraction of sp³-hybridized carbons (Fsp3) is 0.0726. The number of rotatable bonds is 30. The molecule has 0 amide bonds. The molecule has 0 radical (unpaired) electrons. The molecule has 0 heterocycles. The van der Waals surface area contributed by atoms with Gasteiger partial charge in [0.25, 0.3) is 0 Å². The molecule has 0 bridgehead atoms. The number of nitrogens with zero attached hydrogens (tertiary/aromatic N) is 1. The van der Waals surface area contributed by atoms with E-state index in [9.17, 15) is 33.6 Å². The summed E-state index contributed by atoms with van der Waals surface area (Å²) >= 11 is 6.04. The topological polar surface area (TPSA) is 207 Å². The lowest BCUT2D eigenvalue weighted by Gasteiger charge is -2.12. The lowest BCUT2D eigenvalue weighted by Crippen LogP contribution is -2.08. The molecule has 0 atom stereocenters. The van der Waals surface area contributed by atoms with Gasteiger partial charge in [-0.3, -0.25) is 33.6 Å². The number of carbonyl (C=O) groups is 7. The summed E-state index contributed by atoms with van der Waals surface area (Å²) in [6.07, 6.45) is 23.7. The van der Waals surface area contributed by atoms with Gasteiger partial charge in [-0.2, -0.15) is 0 Å². The van der Waals surface area contributed by atoms with Gasteiger partial charge in [0.2, 0.25) is 0 Å². The van der Waals surface area contributed by atoms with Gasteiger partial charge in [0.1, 0.15) is 0 Å². The van der Waals surface area contributed by atoms with Crippen LogP contribution in [-0.4, -0.2) is 74.7 Å². The first-order chi connectivity index (χ1) is 68.5. The molecule has 0 fully saturated rings. The second kappa shape index (κ2) is 54.6. The Bertz CT molecular complexity index is 7460. The summed E-state index contributed by atoms with van der Waals surface area (Å²) in [5, 5.41) is 37.0. The van der Waals surface area contributed by atoms with Gasteiger partial charge in [0.05, 0.1) is 10.7 Å². The Kier molecular flexibility index (Phi) is 39.5. The van der Waals surface area contributed by atoms with Crippen molar-refractivity contribution in [1.82, 2.24) is 21.3 Å². The van der Waals surface area contributed by atoms with Crippen LogP contribution in [-0.2, 0) is 6.54 Å². The second-order valence-electron chi connectivity index (χ2n) is 32.1. The van der Waals surface area contributed by atoms with Crippen molar-refractivity contribution in [3.05, 3.63) is 542 Å². The van der Waals surface area contributed by atoms with Crippen molar-refractivity contribution >= 4 is 150 Å². The van der Waals surface area contributed by atoms with Gasteiger partial charge in [0, 0.05) is 183 Å². The predicted molar refractivity (Wildman–Crippen MR) is 586 cm³/mol. The zero-order chi connectivity index (χ0) is 98.3. The van der Waals surface area contributed by atoms with Crippen LogP contribution in [0, 0.1) is 0 Å². The molecular formula is C124H111ClN8O7. The highest BCUT2D eigenvalue weighted by Gasteiger charge is 2.13. The average Bonchev–Trinajstić information content (AvgIpc) is 0.822. The number of ketones is 7. The number of hydrogen-bond donors (Lipinski definition) is 7. The third-order valence-electron chi connectivity index (χ3n) is 22.0. The quantitative estimate of drug-likeness (QED) is 0.0127. The molecule has 0 aliphatic carbocycles. The van der Waals surface area contributed by atoms with E-state index in [1.807, 2.05) is 426 Å². The molecular weight excluding hydrogens is 1750 g/mol. The first kappa shape index (κ1) is 101. The van der Waals surface area contributed by atoms with Crippen LogP contribution in [0.15, 0.2) is 492 Å². The molecule has 0 saturated heterocycles. The van der Waals surface area contributed by atoms with E-state index in [1.165, 1.54) is 11.6 Å². The van der Waals surface area contributed by atoms with E-state index < -0.39 is 0 Å². The lowest BCUT2D eigenvalue weighted by molar-refractivity contribution is 0.103. The average molecular weight is 1860 g/mol. The number of anilines is 4. The highest BCUT2D eigenvalue weighted by Crippen LogP contribution is 2.27. The Hall–Kier alpha value is -17.7. The van der Waals surface area contributed by atoms with E-state index >= 15 is 0 Å². The predicted octanol–water partition coefficient (Wildman–Crippen LogP) is 28.4. The molecule has 696 valence electrons. The lowest BCUT2D eigenvalue weighted by atomic mass is 10.0. The van der Waals surface area contributed by atoms with Gasteiger partial charge >= 0.3 is 0 Å². The largest absolute Gasteiger partial charge is 0.394 e. The van der Waals surface area contributed by atoms with Crippen LogP contribution in [0.1, 0.15) is 98.3 Å². The Morgan fingerprint density at radius 3 is 0.957 bits per heavy atom. The van der Waals surface area contributed by atoms with Crippen molar-refractivity contribution in [2.45, 2.75) is 26.8 Å². The fourth-order valence-electron chi connectivity index (χ4n) is 14.6. The molecule has 7 N–H and O–H groups in total. The number of hydrogen-bond acceptors (Lipinski definition) is 15. The number of halogens is 1. The van der Waals surface area contributed by atoms with Crippen LogP contribution in [0.25, 0.3) is 75.4 Å². The number of carbonyl (C=O) groups excluding carboxylic acids is 7. The van der Waals surface area contributed by atoms with Gasteiger partial charge in [-0.25, -0.2) is 0 Å². The minimum absolute atomic E-state index is 0.00585. The monoisotopic (exact) mass is 1860 g/mol. The van der Waals surface area contributed by atoms with Crippen LogP contribution in [0.2, 0.25) is 5.02 Å². The van der Waals surface area contributed by atoms with E-state index in [-0.39, 0.29) is 40.5 Å². The summed E-state index contributed by atoms with van der Waals surface area (Å²) in [6, 6.07) is 131. The van der Waals surface area contributed by atoms with E-state index in [2.05, 4.69) is 44.1 Å². The van der Waals surface area contributed by atoms with Gasteiger partial charge in [-0.1, -0.05) is 352 Å². The first-order valence-electron chi connectivity index (χ1n) is 46.1. The summed E-state index contributed by atoms with van der Waals surface area (Å²) in [6.45, 7) is 6.50. The SMILES string of the molecule is CCCN/C=C\C(=O)c1cccc2ccccc12.CCN/C=C\C(=O)c1cccc2ccccc12.CN(C)c1ccc(N/C=C\C(=O)c2ccc3ccccc3c2)cc1.CN/C=C\C(=O)c1cccc2ccccc12.O=C(/C=C\NCc1ccccc1)c1ccc2ccccc2c1.O=C(/C=C\Nc1ccccc1)c1ccc2ccccc2c1.O=C(/C=C\Nc1ccccc1Cl)c1ccc2ccccc2c1. The summed E-state index contributed by atoms with van der Waals surface area (Å²) in [4.78, 5) is 86.9. The number of benzene rings is 18. The molecule has 15 nitrogen and oxygen atoms in total. The summed E-state index contributed by atoms with van der Waals surface area (Å²) in [5.74, 6) is 0.0169. The molecule has 18 aromatic rings. The normalized spacial score (nSPS) is 10.9. The molecule has 0 aliphatic rings. The van der Waals surface area contributed by atoms with Crippen LogP contribution < -0.4 is 42.1 Å². The zero-order valence-electron chi connectivity index (χ0n) is 78.8. The van der Waals surface area contributed by atoms with Crippen molar-refractivity contribution in [2.75, 3.05) is 55.1 Å².